The molecule has 0 N–H and O–H groups in total. The van der Waals surface area contributed by atoms with Gasteiger partial charge in [-0.25, -0.2) is 4.68 Å². The van der Waals surface area contributed by atoms with Crippen molar-refractivity contribution in [1.82, 2.24) is 9.78 Å². The lowest BCUT2D eigenvalue weighted by Gasteiger charge is -2.19. The Labute approximate surface area is 167 Å². The third kappa shape index (κ3) is 2.96. The fourth-order valence-electron chi connectivity index (χ4n) is 2.80. The van der Waals surface area contributed by atoms with Crippen molar-refractivity contribution in [3.63, 3.8) is 0 Å². The molecule has 2 heterocycles. The van der Waals surface area contributed by atoms with Gasteiger partial charge in [-0.3, -0.25) is 4.79 Å². The van der Waals surface area contributed by atoms with Crippen LogP contribution in [0.25, 0.3) is 16.9 Å². The highest BCUT2D eigenvalue weighted by Gasteiger charge is 2.29. The number of carbonyl (C=O) groups is 1. The van der Waals surface area contributed by atoms with E-state index in [4.69, 9.17) is 46.4 Å². The standard InChI is InChI=1S/C17H8Cl4N2OS/c18-9-1-3-11-8(5-9)7-25-16-14(17(21)24)22-23(15(11)16)13-4-2-10(19)6-12(13)20/h1-6H,7H2. The van der Waals surface area contributed by atoms with Crippen LogP contribution in [0, 0.1) is 0 Å². The van der Waals surface area contributed by atoms with Gasteiger partial charge in [-0.05, 0) is 47.5 Å². The summed E-state index contributed by atoms with van der Waals surface area (Å²) in [6, 6.07) is 10.8. The highest BCUT2D eigenvalue weighted by atomic mass is 35.5. The predicted molar refractivity (Wildman–Crippen MR) is 104 cm³/mol. The minimum atomic E-state index is -0.606. The van der Waals surface area contributed by atoms with E-state index in [-0.39, 0.29) is 5.69 Å². The van der Waals surface area contributed by atoms with Crippen LogP contribution in [0.2, 0.25) is 15.1 Å². The zero-order valence-electron chi connectivity index (χ0n) is 12.4. The first-order valence-corrected chi connectivity index (χ1v) is 9.65. The molecule has 1 aliphatic heterocycles. The fourth-order valence-corrected chi connectivity index (χ4v) is 4.81. The maximum atomic E-state index is 11.9. The Hall–Kier alpha value is -1.17. The van der Waals surface area contributed by atoms with E-state index >= 15 is 0 Å². The summed E-state index contributed by atoms with van der Waals surface area (Å²) in [6.07, 6.45) is 0. The molecule has 0 saturated carbocycles. The summed E-state index contributed by atoms with van der Waals surface area (Å²) in [6.45, 7) is 0. The molecule has 25 heavy (non-hydrogen) atoms. The van der Waals surface area contributed by atoms with Gasteiger partial charge in [0.25, 0.3) is 5.24 Å². The summed E-state index contributed by atoms with van der Waals surface area (Å²) in [7, 11) is 0. The molecule has 2 aromatic carbocycles. The van der Waals surface area contributed by atoms with Gasteiger partial charge < -0.3 is 0 Å². The molecule has 8 heteroatoms. The van der Waals surface area contributed by atoms with Crippen molar-refractivity contribution in [2.75, 3.05) is 0 Å². The van der Waals surface area contributed by atoms with Crippen molar-refractivity contribution < 1.29 is 4.79 Å². The van der Waals surface area contributed by atoms with Gasteiger partial charge in [-0.1, -0.05) is 40.9 Å². The molecule has 3 nitrogen and oxygen atoms in total. The molecule has 0 amide bonds. The van der Waals surface area contributed by atoms with Crippen LogP contribution in [-0.2, 0) is 5.75 Å². The van der Waals surface area contributed by atoms with Gasteiger partial charge in [0.05, 0.1) is 21.3 Å². The molecule has 4 rings (SSSR count). The monoisotopic (exact) mass is 428 g/mol. The maximum Gasteiger partial charge on any atom is 0.273 e. The van der Waals surface area contributed by atoms with Crippen LogP contribution in [-0.4, -0.2) is 15.0 Å². The van der Waals surface area contributed by atoms with Crippen molar-refractivity contribution in [3.8, 4) is 16.9 Å². The second-order valence-electron chi connectivity index (χ2n) is 5.40. The van der Waals surface area contributed by atoms with E-state index in [9.17, 15) is 4.79 Å². The van der Waals surface area contributed by atoms with E-state index in [0.717, 1.165) is 21.7 Å². The van der Waals surface area contributed by atoms with Crippen molar-refractivity contribution in [2.45, 2.75) is 10.6 Å². The number of hydrogen-bond donors (Lipinski definition) is 0. The summed E-state index contributed by atoms with van der Waals surface area (Å²) in [4.78, 5) is 12.6. The minimum Gasteiger partial charge on any atom is -0.274 e. The van der Waals surface area contributed by atoms with Crippen molar-refractivity contribution in [3.05, 3.63) is 62.7 Å². The summed E-state index contributed by atoms with van der Waals surface area (Å²) >= 11 is 25.7. The molecule has 0 radical (unpaired) electrons. The van der Waals surface area contributed by atoms with Crippen LogP contribution in [0.4, 0.5) is 0 Å². The molecule has 0 bridgehead atoms. The highest BCUT2D eigenvalue weighted by Crippen LogP contribution is 2.46. The molecule has 0 atom stereocenters. The summed E-state index contributed by atoms with van der Waals surface area (Å²) in [5.41, 5.74) is 3.62. The number of aromatic nitrogens is 2. The Balaban J connectivity index is 2.04. The van der Waals surface area contributed by atoms with Crippen LogP contribution in [0.1, 0.15) is 16.1 Å². The number of benzene rings is 2. The predicted octanol–water partition coefficient (Wildman–Crippen LogP) is 6.48. The summed E-state index contributed by atoms with van der Waals surface area (Å²) in [5, 5.41) is 5.43. The van der Waals surface area contributed by atoms with Crippen molar-refractivity contribution in [1.29, 1.82) is 0 Å². The normalized spacial score (nSPS) is 12.6. The number of hydrogen-bond acceptors (Lipinski definition) is 3. The van der Waals surface area contributed by atoms with E-state index < -0.39 is 5.24 Å². The third-order valence-corrected chi connectivity index (χ3v) is 5.94. The Kier molecular flexibility index (Phi) is 4.50. The number of fused-ring (bicyclic) bond motifs is 3. The van der Waals surface area contributed by atoms with Crippen molar-refractivity contribution in [2.24, 2.45) is 0 Å². The van der Waals surface area contributed by atoms with Crippen molar-refractivity contribution >= 4 is 63.4 Å². The molecule has 0 fully saturated rings. The Morgan fingerprint density at radius 2 is 1.80 bits per heavy atom. The largest absolute Gasteiger partial charge is 0.274 e. The number of rotatable bonds is 2. The van der Waals surface area contributed by atoms with Gasteiger partial charge in [0.2, 0.25) is 0 Å². The van der Waals surface area contributed by atoms with Crippen LogP contribution in [0.15, 0.2) is 41.3 Å². The van der Waals surface area contributed by atoms with E-state index in [1.54, 1.807) is 22.9 Å². The molecule has 1 aliphatic rings. The molecule has 1 aromatic heterocycles. The first-order valence-electron chi connectivity index (χ1n) is 7.15. The molecule has 0 aliphatic carbocycles. The number of thioether (sulfide) groups is 1. The number of halogens is 4. The Bertz CT molecular complexity index is 1030. The average molecular weight is 430 g/mol. The maximum absolute atomic E-state index is 11.9. The number of carbonyl (C=O) groups excluding carboxylic acids is 1. The van der Waals surface area contributed by atoms with E-state index in [2.05, 4.69) is 5.10 Å². The first kappa shape index (κ1) is 17.3. The molecule has 0 unspecified atom stereocenters. The van der Waals surface area contributed by atoms with Gasteiger partial charge in [0.1, 0.15) is 0 Å². The van der Waals surface area contributed by atoms with E-state index in [1.807, 2.05) is 18.2 Å². The zero-order valence-corrected chi connectivity index (χ0v) is 16.2. The Morgan fingerprint density at radius 1 is 1.08 bits per heavy atom. The van der Waals surface area contributed by atoms with Gasteiger partial charge in [0, 0.05) is 21.4 Å². The third-order valence-electron chi connectivity index (χ3n) is 3.86. The van der Waals surface area contributed by atoms with Gasteiger partial charge in [-0.2, -0.15) is 5.10 Å². The second kappa shape index (κ2) is 6.53. The van der Waals surface area contributed by atoms with E-state index in [1.165, 1.54) is 11.8 Å². The topological polar surface area (TPSA) is 34.9 Å². The average Bonchev–Trinajstić information content (AvgIpc) is 2.94. The first-order chi connectivity index (χ1) is 12.0. The summed E-state index contributed by atoms with van der Waals surface area (Å²) < 4.78 is 1.64. The SMILES string of the molecule is O=C(Cl)c1nn(-c2ccc(Cl)cc2Cl)c2c1SCc1cc(Cl)ccc1-2. The van der Waals surface area contributed by atoms with E-state index in [0.29, 0.717) is 26.5 Å². The van der Waals surface area contributed by atoms with Crippen LogP contribution in [0.3, 0.4) is 0 Å². The summed E-state index contributed by atoms with van der Waals surface area (Å²) in [5.74, 6) is 0.681. The van der Waals surface area contributed by atoms with Crippen LogP contribution in [0.5, 0.6) is 0 Å². The van der Waals surface area contributed by atoms with Gasteiger partial charge in [0.15, 0.2) is 5.69 Å². The molecular weight excluding hydrogens is 422 g/mol. The lowest BCUT2D eigenvalue weighted by atomic mass is 10.0. The molecule has 0 spiro atoms. The smallest absolute Gasteiger partial charge is 0.273 e. The zero-order chi connectivity index (χ0) is 17.7. The molecule has 0 saturated heterocycles. The van der Waals surface area contributed by atoms with Gasteiger partial charge >= 0.3 is 0 Å². The second-order valence-corrected chi connectivity index (χ2v) is 8.01. The lowest BCUT2D eigenvalue weighted by molar-refractivity contribution is 0.107. The number of nitrogens with zero attached hydrogens (tertiary/aromatic N) is 2. The van der Waals surface area contributed by atoms with Crippen LogP contribution < -0.4 is 0 Å². The van der Waals surface area contributed by atoms with Gasteiger partial charge in [-0.15, -0.1) is 11.8 Å². The quantitative estimate of drug-likeness (QED) is 0.437. The Morgan fingerprint density at radius 3 is 2.52 bits per heavy atom. The van der Waals surface area contributed by atoms with Crippen LogP contribution >= 0.6 is 58.2 Å². The molecule has 3 aromatic rings. The lowest BCUT2D eigenvalue weighted by Crippen LogP contribution is -2.04. The molecular formula is C17H8Cl4N2OS. The fraction of sp³-hybridized carbons (Fsp3) is 0.0588. The minimum absolute atomic E-state index is 0.216. The molecule has 126 valence electrons. The highest BCUT2D eigenvalue weighted by molar-refractivity contribution is 7.98.